The largest absolute Gasteiger partial charge is 0.356 e. The molecule has 1 amide bonds. The zero-order valence-electron chi connectivity index (χ0n) is 14.3. The average molecular weight is 450 g/mol. The molecular formula is C16H27IN4OS. The van der Waals surface area contributed by atoms with Crippen LogP contribution in [-0.4, -0.2) is 56.0 Å². The van der Waals surface area contributed by atoms with E-state index in [9.17, 15) is 4.79 Å². The van der Waals surface area contributed by atoms with Crippen LogP contribution in [0, 0.1) is 6.92 Å². The van der Waals surface area contributed by atoms with E-state index in [0.717, 1.165) is 17.9 Å². The van der Waals surface area contributed by atoms with Crippen molar-refractivity contribution in [1.82, 2.24) is 15.5 Å². The zero-order chi connectivity index (χ0) is 16.4. The third-order valence-corrected chi connectivity index (χ3v) is 3.66. The fourth-order valence-electron chi connectivity index (χ4n) is 1.63. The lowest BCUT2D eigenvalue weighted by atomic mass is 10.1. The molecular weight excluding hydrogens is 423 g/mol. The molecule has 0 saturated carbocycles. The van der Waals surface area contributed by atoms with Crippen molar-refractivity contribution in [3.05, 3.63) is 35.4 Å². The van der Waals surface area contributed by atoms with Crippen molar-refractivity contribution >= 4 is 47.6 Å². The third kappa shape index (κ3) is 9.70. The van der Waals surface area contributed by atoms with E-state index >= 15 is 0 Å². The molecule has 1 aromatic carbocycles. The van der Waals surface area contributed by atoms with Gasteiger partial charge in [-0.25, -0.2) is 4.99 Å². The maximum atomic E-state index is 11.7. The van der Waals surface area contributed by atoms with Gasteiger partial charge in [-0.1, -0.05) is 29.8 Å². The standard InChI is InChI=1S/C16H26N4OS.HI/c1-13-5-7-14(8-6-13)11-18-16(17-9-10-22-4)19-12-15(21)20(2)3;/h5-8H,9-12H2,1-4H3,(H2,17,18,19);1H. The number of aliphatic imine (C=N–C) groups is 1. The number of hydrogen-bond acceptors (Lipinski definition) is 3. The van der Waals surface area contributed by atoms with Crippen LogP contribution in [0.1, 0.15) is 11.1 Å². The molecule has 23 heavy (non-hydrogen) atoms. The Morgan fingerprint density at radius 1 is 1.22 bits per heavy atom. The van der Waals surface area contributed by atoms with E-state index in [4.69, 9.17) is 0 Å². The number of nitrogens with one attached hydrogen (secondary N) is 2. The number of guanidine groups is 1. The predicted molar refractivity (Wildman–Crippen MR) is 111 cm³/mol. The van der Waals surface area contributed by atoms with Gasteiger partial charge in [0, 0.05) is 26.4 Å². The van der Waals surface area contributed by atoms with Crippen molar-refractivity contribution in [2.45, 2.75) is 13.5 Å². The number of halogens is 1. The van der Waals surface area contributed by atoms with Gasteiger partial charge >= 0.3 is 0 Å². The molecule has 1 rings (SSSR count). The number of carbonyl (C=O) groups is 1. The third-order valence-electron chi connectivity index (χ3n) is 3.04. The van der Waals surface area contributed by atoms with Gasteiger partial charge in [-0.3, -0.25) is 4.79 Å². The molecule has 0 unspecified atom stereocenters. The summed E-state index contributed by atoms with van der Waals surface area (Å²) >= 11 is 1.77. The molecule has 1 aromatic rings. The lowest BCUT2D eigenvalue weighted by molar-refractivity contribution is -0.127. The van der Waals surface area contributed by atoms with E-state index in [1.807, 2.05) is 0 Å². The number of rotatable bonds is 7. The number of nitrogens with zero attached hydrogens (tertiary/aromatic N) is 2. The first-order chi connectivity index (χ1) is 10.5. The van der Waals surface area contributed by atoms with E-state index in [0.29, 0.717) is 12.5 Å². The normalized spacial score (nSPS) is 10.7. The minimum atomic E-state index is 0. The van der Waals surface area contributed by atoms with Crippen LogP contribution in [0.3, 0.4) is 0 Å². The second-order valence-corrected chi connectivity index (χ2v) is 6.20. The Morgan fingerprint density at radius 2 is 1.87 bits per heavy atom. The Kier molecular flexibility index (Phi) is 11.9. The topological polar surface area (TPSA) is 56.7 Å². The van der Waals surface area contributed by atoms with Gasteiger partial charge in [-0.05, 0) is 18.7 Å². The highest BCUT2D eigenvalue weighted by Gasteiger charge is 2.05. The maximum Gasteiger partial charge on any atom is 0.241 e. The molecule has 5 nitrogen and oxygen atoms in total. The van der Waals surface area contributed by atoms with Crippen LogP contribution >= 0.6 is 35.7 Å². The van der Waals surface area contributed by atoms with E-state index < -0.39 is 0 Å². The monoisotopic (exact) mass is 450 g/mol. The van der Waals surface area contributed by atoms with Crippen molar-refractivity contribution in [2.24, 2.45) is 4.99 Å². The first-order valence-corrected chi connectivity index (χ1v) is 8.69. The second kappa shape index (κ2) is 12.5. The highest BCUT2D eigenvalue weighted by atomic mass is 127. The van der Waals surface area contributed by atoms with Gasteiger partial charge in [-0.2, -0.15) is 11.8 Å². The Balaban J connectivity index is 0.00000484. The highest BCUT2D eigenvalue weighted by molar-refractivity contribution is 14.0. The Hall–Kier alpha value is -0.960. The molecule has 0 spiro atoms. The number of aryl methyl sites for hydroxylation is 1. The molecule has 130 valence electrons. The summed E-state index contributed by atoms with van der Waals surface area (Å²) in [4.78, 5) is 17.8. The number of amides is 1. The van der Waals surface area contributed by atoms with E-state index in [2.05, 4.69) is 53.1 Å². The zero-order valence-corrected chi connectivity index (χ0v) is 17.4. The summed E-state index contributed by atoms with van der Waals surface area (Å²) in [6, 6.07) is 8.30. The Morgan fingerprint density at radius 3 is 2.43 bits per heavy atom. The van der Waals surface area contributed by atoms with Gasteiger partial charge in [0.15, 0.2) is 5.96 Å². The summed E-state index contributed by atoms with van der Waals surface area (Å²) in [5.74, 6) is 1.69. The van der Waals surface area contributed by atoms with Crippen LogP contribution in [0.5, 0.6) is 0 Å². The van der Waals surface area contributed by atoms with Gasteiger partial charge < -0.3 is 15.5 Å². The average Bonchev–Trinajstić information content (AvgIpc) is 2.50. The van der Waals surface area contributed by atoms with Crippen LogP contribution in [0.25, 0.3) is 0 Å². The molecule has 0 aliphatic rings. The summed E-state index contributed by atoms with van der Waals surface area (Å²) in [7, 11) is 3.49. The van der Waals surface area contributed by atoms with Crippen molar-refractivity contribution < 1.29 is 4.79 Å². The first kappa shape index (κ1) is 22.0. The van der Waals surface area contributed by atoms with Crippen LogP contribution in [0.15, 0.2) is 29.3 Å². The fourth-order valence-corrected chi connectivity index (χ4v) is 1.93. The van der Waals surface area contributed by atoms with E-state index in [1.165, 1.54) is 5.56 Å². The number of carbonyl (C=O) groups excluding carboxylic acids is 1. The Bertz CT molecular complexity index is 491. The molecule has 0 radical (unpaired) electrons. The molecule has 0 aliphatic carbocycles. The van der Waals surface area contributed by atoms with Gasteiger partial charge in [0.1, 0.15) is 0 Å². The molecule has 0 atom stereocenters. The maximum absolute atomic E-state index is 11.7. The summed E-state index contributed by atoms with van der Waals surface area (Å²) < 4.78 is 0. The minimum Gasteiger partial charge on any atom is -0.356 e. The molecule has 2 N–H and O–H groups in total. The molecule has 0 heterocycles. The fraction of sp³-hybridized carbons (Fsp3) is 0.500. The molecule has 0 saturated heterocycles. The number of thioether (sulfide) groups is 1. The SMILES string of the molecule is CSCCNC(=NCc1ccc(C)cc1)NCC(=O)N(C)C.I. The summed E-state index contributed by atoms with van der Waals surface area (Å²) in [5, 5.41) is 6.32. The van der Waals surface area contributed by atoms with Crippen molar-refractivity contribution in [3.8, 4) is 0 Å². The summed E-state index contributed by atoms with van der Waals surface area (Å²) in [6.07, 6.45) is 2.06. The number of hydrogen-bond donors (Lipinski definition) is 2. The first-order valence-electron chi connectivity index (χ1n) is 7.29. The van der Waals surface area contributed by atoms with Crippen LogP contribution in [-0.2, 0) is 11.3 Å². The summed E-state index contributed by atoms with van der Waals surface area (Å²) in [6.45, 7) is 3.71. The highest BCUT2D eigenvalue weighted by Crippen LogP contribution is 2.04. The molecule has 7 heteroatoms. The van der Waals surface area contributed by atoms with Crippen molar-refractivity contribution in [2.75, 3.05) is 39.2 Å². The van der Waals surface area contributed by atoms with Crippen molar-refractivity contribution in [3.63, 3.8) is 0 Å². The quantitative estimate of drug-likeness (QED) is 0.289. The lowest BCUT2D eigenvalue weighted by Crippen LogP contribution is -2.43. The number of likely N-dealkylation sites (N-methyl/N-ethyl adjacent to an activating group) is 1. The summed E-state index contributed by atoms with van der Waals surface area (Å²) in [5.41, 5.74) is 2.39. The predicted octanol–water partition coefficient (Wildman–Crippen LogP) is 2.10. The molecule has 0 fully saturated rings. The van der Waals surface area contributed by atoms with Crippen LogP contribution < -0.4 is 10.6 Å². The van der Waals surface area contributed by atoms with E-state index in [-0.39, 0.29) is 36.4 Å². The van der Waals surface area contributed by atoms with Gasteiger partial charge in [0.2, 0.25) is 5.91 Å². The second-order valence-electron chi connectivity index (χ2n) is 5.21. The smallest absolute Gasteiger partial charge is 0.241 e. The lowest BCUT2D eigenvalue weighted by Gasteiger charge is -2.14. The van der Waals surface area contributed by atoms with Gasteiger partial charge in [0.25, 0.3) is 0 Å². The van der Waals surface area contributed by atoms with Crippen LogP contribution in [0.4, 0.5) is 0 Å². The van der Waals surface area contributed by atoms with Gasteiger partial charge in [0.05, 0.1) is 13.1 Å². The van der Waals surface area contributed by atoms with Crippen molar-refractivity contribution in [1.29, 1.82) is 0 Å². The van der Waals surface area contributed by atoms with E-state index in [1.54, 1.807) is 30.8 Å². The number of benzene rings is 1. The molecule has 0 aliphatic heterocycles. The minimum absolute atomic E-state index is 0. The molecule has 0 aromatic heterocycles. The molecule has 0 bridgehead atoms. The van der Waals surface area contributed by atoms with Crippen LogP contribution in [0.2, 0.25) is 0 Å². The Labute approximate surface area is 160 Å². The van der Waals surface area contributed by atoms with Gasteiger partial charge in [-0.15, -0.1) is 24.0 Å².